The molecule has 0 unspecified atom stereocenters. The van der Waals surface area contributed by atoms with Crippen LogP contribution in [0.25, 0.3) is 10.2 Å². The van der Waals surface area contributed by atoms with Gasteiger partial charge < -0.3 is 14.8 Å². The van der Waals surface area contributed by atoms with Crippen molar-refractivity contribution in [2.75, 3.05) is 13.2 Å². The van der Waals surface area contributed by atoms with Gasteiger partial charge in [-0.05, 0) is 55.7 Å². The molecule has 0 saturated carbocycles. The van der Waals surface area contributed by atoms with Gasteiger partial charge in [0.1, 0.15) is 18.0 Å². The maximum Gasteiger partial charge on any atom is 0.261 e. The van der Waals surface area contributed by atoms with E-state index in [0.717, 1.165) is 49.0 Å². The van der Waals surface area contributed by atoms with Gasteiger partial charge in [0, 0.05) is 17.6 Å². The number of thiophene rings is 1. The minimum Gasteiger partial charge on any atom is -0.486 e. The number of ether oxygens (including phenoxy) is 2. The van der Waals surface area contributed by atoms with Crippen molar-refractivity contribution in [1.82, 2.24) is 10.3 Å². The summed E-state index contributed by atoms with van der Waals surface area (Å²) in [6.07, 6.45) is 0. The number of hydrogen-bond donors (Lipinski definition) is 1. The first-order valence-corrected chi connectivity index (χ1v) is 9.38. The van der Waals surface area contributed by atoms with E-state index < -0.39 is 0 Å². The molecule has 0 aliphatic carbocycles. The molecule has 0 radical (unpaired) electrons. The van der Waals surface area contributed by atoms with Gasteiger partial charge in [-0.25, -0.2) is 4.98 Å². The lowest BCUT2D eigenvalue weighted by molar-refractivity contribution is 0.0954. The molecule has 1 N–H and O–H groups in total. The first-order chi connectivity index (χ1) is 12.5. The van der Waals surface area contributed by atoms with Crippen molar-refractivity contribution < 1.29 is 14.3 Å². The lowest BCUT2D eigenvalue weighted by Crippen LogP contribution is -2.22. The van der Waals surface area contributed by atoms with Crippen molar-refractivity contribution in [2.45, 2.75) is 34.7 Å². The SMILES string of the molecule is C.Cc1cc(C)c2c(C)c(C(=O)NCc3ccc4c(c3)OCCO4)sc2n1. The van der Waals surface area contributed by atoms with E-state index in [1.54, 1.807) is 0 Å². The van der Waals surface area contributed by atoms with Gasteiger partial charge in [-0.3, -0.25) is 4.79 Å². The number of carbonyl (C=O) groups excluding carboxylic acids is 1. The lowest BCUT2D eigenvalue weighted by atomic mass is 10.1. The van der Waals surface area contributed by atoms with Crippen molar-refractivity contribution in [1.29, 1.82) is 0 Å². The molecule has 0 fully saturated rings. The van der Waals surface area contributed by atoms with E-state index in [0.29, 0.717) is 19.8 Å². The third-order valence-corrected chi connectivity index (χ3v) is 5.68. The fraction of sp³-hybridized carbons (Fsp3) is 0.333. The molecule has 0 spiro atoms. The molecule has 27 heavy (non-hydrogen) atoms. The summed E-state index contributed by atoms with van der Waals surface area (Å²) < 4.78 is 11.1. The Morgan fingerprint density at radius 2 is 1.89 bits per heavy atom. The maximum absolute atomic E-state index is 12.7. The summed E-state index contributed by atoms with van der Waals surface area (Å²) in [6.45, 7) is 7.59. The van der Waals surface area contributed by atoms with E-state index in [9.17, 15) is 4.79 Å². The van der Waals surface area contributed by atoms with Crippen molar-refractivity contribution in [3.05, 3.63) is 51.5 Å². The molecule has 5 nitrogen and oxygen atoms in total. The number of rotatable bonds is 3. The number of hydrogen-bond acceptors (Lipinski definition) is 5. The number of aryl methyl sites for hydroxylation is 3. The van der Waals surface area contributed by atoms with Crippen molar-refractivity contribution in [3.8, 4) is 11.5 Å². The maximum atomic E-state index is 12.7. The second-order valence-corrected chi connectivity index (χ2v) is 7.48. The Kier molecular flexibility index (Phi) is 5.37. The Morgan fingerprint density at radius 3 is 2.67 bits per heavy atom. The molecule has 1 aromatic carbocycles. The number of pyridine rings is 1. The Hall–Kier alpha value is -2.60. The van der Waals surface area contributed by atoms with Crippen LogP contribution in [0, 0.1) is 20.8 Å². The summed E-state index contributed by atoms with van der Waals surface area (Å²) in [5.41, 5.74) is 4.10. The normalized spacial score (nSPS) is 12.6. The van der Waals surface area contributed by atoms with Crippen LogP contribution in [0.1, 0.15) is 39.5 Å². The van der Waals surface area contributed by atoms with Crippen LogP contribution in [0.3, 0.4) is 0 Å². The number of amides is 1. The van der Waals surface area contributed by atoms with E-state index in [-0.39, 0.29) is 13.3 Å². The van der Waals surface area contributed by atoms with E-state index in [1.807, 2.05) is 32.0 Å². The molecule has 6 heteroatoms. The van der Waals surface area contributed by atoms with Crippen LogP contribution in [-0.4, -0.2) is 24.1 Å². The fourth-order valence-corrected chi connectivity index (χ4v) is 4.52. The molecular formula is C21H24N2O3S. The van der Waals surface area contributed by atoms with Crippen LogP contribution in [0.2, 0.25) is 0 Å². The molecule has 1 aliphatic heterocycles. The van der Waals surface area contributed by atoms with Crippen LogP contribution in [0.15, 0.2) is 24.3 Å². The van der Waals surface area contributed by atoms with E-state index in [4.69, 9.17) is 9.47 Å². The summed E-state index contributed by atoms with van der Waals surface area (Å²) in [5.74, 6) is 1.41. The number of nitrogens with one attached hydrogen (secondary N) is 1. The lowest BCUT2D eigenvalue weighted by Gasteiger charge is -2.18. The molecule has 2 aromatic heterocycles. The van der Waals surface area contributed by atoms with Crippen LogP contribution < -0.4 is 14.8 Å². The average molecular weight is 385 g/mol. The van der Waals surface area contributed by atoms with Gasteiger partial charge in [0.25, 0.3) is 5.91 Å². The van der Waals surface area contributed by atoms with Gasteiger partial charge in [-0.2, -0.15) is 0 Å². The summed E-state index contributed by atoms with van der Waals surface area (Å²) in [6, 6.07) is 7.80. The van der Waals surface area contributed by atoms with Gasteiger partial charge >= 0.3 is 0 Å². The minimum atomic E-state index is -0.0718. The molecule has 1 aliphatic rings. The predicted octanol–water partition coefficient (Wildman–Crippen LogP) is 4.56. The molecule has 4 rings (SSSR count). The van der Waals surface area contributed by atoms with Crippen LogP contribution in [0.4, 0.5) is 0 Å². The second kappa shape index (κ2) is 7.56. The Labute approximate surface area is 163 Å². The molecular weight excluding hydrogens is 360 g/mol. The molecule has 3 aromatic rings. The molecule has 0 bridgehead atoms. The topological polar surface area (TPSA) is 60.5 Å². The standard InChI is InChI=1S/C20H20N2O3S.CH4/c1-11-8-12(2)22-20-17(11)13(3)18(26-20)19(23)21-10-14-4-5-15-16(9-14)25-7-6-24-15;/h4-5,8-9H,6-7,10H2,1-3H3,(H,21,23);1H4. The zero-order valence-electron chi connectivity index (χ0n) is 15.0. The summed E-state index contributed by atoms with van der Waals surface area (Å²) in [7, 11) is 0. The van der Waals surface area contributed by atoms with E-state index >= 15 is 0 Å². The quantitative estimate of drug-likeness (QED) is 0.719. The highest BCUT2D eigenvalue weighted by molar-refractivity contribution is 7.20. The highest BCUT2D eigenvalue weighted by atomic mass is 32.1. The summed E-state index contributed by atoms with van der Waals surface area (Å²) in [5, 5.41) is 4.09. The van der Waals surface area contributed by atoms with Gasteiger partial charge in [-0.15, -0.1) is 11.3 Å². The van der Waals surface area contributed by atoms with Crippen molar-refractivity contribution in [3.63, 3.8) is 0 Å². The average Bonchev–Trinajstić information content (AvgIpc) is 2.96. The Balaban J connectivity index is 0.00000210. The van der Waals surface area contributed by atoms with E-state index in [1.165, 1.54) is 11.3 Å². The van der Waals surface area contributed by atoms with Crippen LogP contribution >= 0.6 is 11.3 Å². The zero-order chi connectivity index (χ0) is 18.3. The molecule has 142 valence electrons. The van der Waals surface area contributed by atoms with Crippen LogP contribution in [0.5, 0.6) is 11.5 Å². The number of carbonyl (C=O) groups is 1. The summed E-state index contributed by atoms with van der Waals surface area (Å²) in [4.78, 5) is 18.9. The molecule has 3 heterocycles. The fourth-order valence-electron chi connectivity index (χ4n) is 3.30. The van der Waals surface area contributed by atoms with Crippen molar-refractivity contribution in [2.24, 2.45) is 0 Å². The molecule has 0 saturated heterocycles. The minimum absolute atomic E-state index is 0. The Morgan fingerprint density at radius 1 is 1.15 bits per heavy atom. The summed E-state index contributed by atoms with van der Waals surface area (Å²) >= 11 is 1.45. The van der Waals surface area contributed by atoms with Crippen molar-refractivity contribution >= 4 is 27.5 Å². The predicted molar refractivity (Wildman–Crippen MR) is 109 cm³/mol. The third-order valence-electron chi connectivity index (χ3n) is 4.49. The monoisotopic (exact) mass is 384 g/mol. The third kappa shape index (κ3) is 3.62. The Bertz CT molecular complexity index is 1010. The largest absolute Gasteiger partial charge is 0.486 e. The van der Waals surface area contributed by atoms with Gasteiger partial charge in [0.2, 0.25) is 0 Å². The number of aromatic nitrogens is 1. The van der Waals surface area contributed by atoms with Gasteiger partial charge in [-0.1, -0.05) is 13.5 Å². The first kappa shape index (κ1) is 19.2. The first-order valence-electron chi connectivity index (χ1n) is 8.57. The highest BCUT2D eigenvalue weighted by Gasteiger charge is 2.18. The zero-order valence-corrected chi connectivity index (χ0v) is 15.8. The van der Waals surface area contributed by atoms with Crippen LogP contribution in [-0.2, 0) is 6.54 Å². The van der Waals surface area contributed by atoms with E-state index in [2.05, 4.69) is 23.3 Å². The van der Waals surface area contributed by atoms with Gasteiger partial charge in [0.15, 0.2) is 11.5 Å². The number of fused-ring (bicyclic) bond motifs is 2. The second-order valence-electron chi connectivity index (χ2n) is 6.48. The number of nitrogens with zero attached hydrogens (tertiary/aromatic N) is 1. The molecule has 0 atom stereocenters. The number of benzene rings is 1. The molecule has 1 amide bonds. The van der Waals surface area contributed by atoms with Gasteiger partial charge in [0.05, 0.1) is 4.88 Å². The highest BCUT2D eigenvalue weighted by Crippen LogP contribution is 2.33. The smallest absolute Gasteiger partial charge is 0.261 e.